The molecule has 0 saturated carbocycles. The molecular formula is C19H22N2O4S2. The van der Waals surface area contributed by atoms with Crippen LogP contribution in [0.25, 0.3) is 0 Å². The van der Waals surface area contributed by atoms with Crippen molar-refractivity contribution in [3.63, 3.8) is 0 Å². The number of esters is 1. The fraction of sp³-hybridized carbons (Fsp3) is 0.316. The molecule has 1 heterocycles. The van der Waals surface area contributed by atoms with Gasteiger partial charge in [0.15, 0.2) is 0 Å². The Bertz CT molecular complexity index is 861. The van der Waals surface area contributed by atoms with Gasteiger partial charge >= 0.3 is 5.97 Å². The number of thiophene rings is 1. The summed E-state index contributed by atoms with van der Waals surface area (Å²) in [4.78, 5) is 37.6. The Hall–Kier alpha value is -2.32. The molecule has 8 heteroatoms. The van der Waals surface area contributed by atoms with Gasteiger partial charge in [-0.05, 0) is 38.5 Å². The minimum Gasteiger partial charge on any atom is -0.462 e. The van der Waals surface area contributed by atoms with E-state index in [4.69, 9.17) is 4.74 Å². The number of nitrogens with one attached hydrogen (secondary N) is 2. The van der Waals surface area contributed by atoms with Gasteiger partial charge in [0.2, 0.25) is 11.8 Å². The minimum absolute atomic E-state index is 0.148. The number of thioether (sulfide) groups is 1. The summed E-state index contributed by atoms with van der Waals surface area (Å²) in [6.45, 7) is 7.19. The first-order chi connectivity index (χ1) is 12.8. The summed E-state index contributed by atoms with van der Waals surface area (Å²) in [6, 6.07) is 7.29. The lowest BCUT2D eigenvalue weighted by molar-refractivity contribution is -0.114. The van der Waals surface area contributed by atoms with Crippen molar-refractivity contribution in [3.05, 3.63) is 40.3 Å². The summed E-state index contributed by atoms with van der Waals surface area (Å²) < 4.78 is 5.10. The molecular weight excluding hydrogens is 384 g/mol. The topological polar surface area (TPSA) is 84.5 Å². The molecule has 2 aromatic rings. The Morgan fingerprint density at radius 2 is 1.85 bits per heavy atom. The van der Waals surface area contributed by atoms with Crippen LogP contribution in [0.3, 0.4) is 0 Å². The van der Waals surface area contributed by atoms with E-state index in [2.05, 4.69) is 10.6 Å². The Labute approximate surface area is 166 Å². The number of carbonyl (C=O) groups is 3. The minimum atomic E-state index is -0.432. The molecule has 2 N–H and O–H groups in total. The summed E-state index contributed by atoms with van der Waals surface area (Å²) in [6.07, 6.45) is 0. The number of hydrogen-bond acceptors (Lipinski definition) is 6. The van der Waals surface area contributed by atoms with Crippen molar-refractivity contribution in [2.24, 2.45) is 0 Å². The van der Waals surface area contributed by atoms with Gasteiger partial charge < -0.3 is 15.4 Å². The van der Waals surface area contributed by atoms with Gasteiger partial charge in [-0.25, -0.2) is 4.79 Å². The van der Waals surface area contributed by atoms with Crippen LogP contribution < -0.4 is 10.6 Å². The van der Waals surface area contributed by atoms with E-state index in [-0.39, 0.29) is 24.2 Å². The summed E-state index contributed by atoms with van der Waals surface area (Å²) in [5, 5.41) is 6.06. The summed E-state index contributed by atoms with van der Waals surface area (Å²) >= 11 is 2.67. The fourth-order valence-corrected chi connectivity index (χ4v) is 4.23. The van der Waals surface area contributed by atoms with Crippen LogP contribution in [0.15, 0.2) is 29.2 Å². The highest BCUT2D eigenvalue weighted by atomic mass is 32.2. The zero-order valence-corrected chi connectivity index (χ0v) is 17.3. The number of rotatable bonds is 7. The van der Waals surface area contributed by atoms with Gasteiger partial charge in [-0.15, -0.1) is 23.1 Å². The number of carbonyl (C=O) groups excluding carboxylic acids is 3. The fourth-order valence-electron chi connectivity index (χ4n) is 2.36. The number of aryl methyl sites for hydroxylation is 1. The predicted octanol–water partition coefficient (Wildman–Crippen LogP) is 4.23. The number of anilines is 2. The molecule has 0 aliphatic rings. The van der Waals surface area contributed by atoms with Crippen molar-refractivity contribution in [3.8, 4) is 0 Å². The Morgan fingerprint density at radius 3 is 2.52 bits per heavy atom. The number of hydrogen-bond donors (Lipinski definition) is 2. The maximum atomic E-state index is 12.4. The van der Waals surface area contributed by atoms with Crippen molar-refractivity contribution in [1.82, 2.24) is 0 Å². The van der Waals surface area contributed by atoms with Crippen molar-refractivity contribution in [2.75, 3.05) is 23.0 Å². The van der Waals surface area contributed by atoms with Gasteiger partial charge in [0.25, 0.3) is 0 Å². The highest BCUT2D eigenvalue weighted by Gasteiger charge is 2.22. The second-order valence-electron chi connectivity index (χ2n) is 5.72. The normalized spacial score (nSPS) is 10.4. The molecule has 0 spiro atoms. The maximum Gasteiger partial charge on any atom is 0.341 e. The number of para-hydroxylation sites is 1. The summed E-state index contributed by atoms with van der Waals surface area (Å²) in [5.41, 5.74) is 1.89. The molecule has 2 rings (SSSR count). The Kier molecular flexibility index (Phi) is 7.44. The molecule has 27 heavy (non-hydrogen) atoms. The van der Waals surface area contributed by atoms with E-state index in [0.717, 1.165) is 15.3 Å². The molecule has 2 amide bonds. The lowest BCUT2D eigenvalue weighted by Gasteiger charge is -2.10. The zero-order valence-electron chi connectivity index (χ0n) is 15.7. The molecule has 1 aromatic carbocycles. The van der Waals surface area contributed by atoms with Crippen LogP contribution in [0, 0.1) is 13.8 Å². The third-order valence-corrected chi connectivity index (χ3v) is 5.87. The second kappa shape index (κ2) is 9.57. The van der Waals surface area contributed by atoms with Crippen molar-refractivity contribution in [2.45, 2.75) is 32.6 Å². The third-order valence-electron chi connectivity index (χ3n) is 3.67. The van der Waals surface area contributed by atoms with E-state index in [0.29, 0.717) is 16.3 Å². The molecule has 144 valence electrons. The summed E-state index contributed by atoms with van der Waals surface area (Å²) in [5.74, 6) is -0.687. The van der Waals surface area contributed by atoms with E-state index in [1.165, 1.54) is 30.0 Å². The highest BCUT2D eigenvalue weighted by Crippen LogP contribution is 2.33. The van der Waals surface area contributed by atoms with Gasteiger partial charge in [0, 0.05) is 16.7 Å². The SMILES string of the molecule is CCOC(=O)c1c(NC(=O)CSc2ccccc2NC(C)=O)sc(C)c1C. The molecule has 0 radical (unpaired) electrons. The van der Waals surface area contributed by atoms with Crippen molar-refractivity contribution < 1.29 is 19.1 Å². The molecule has 0 bridgehead atoms. The standard InChI is InChI=1S/C19H22N2O4S2/c1-5-25-19(24)17-11(2)12(3)27-18(17)21-16(23)10-26-15-9-7-6-8-14(15)20-13(4)22/h6-9H,5,10H2,1-4H3,(H,20,22)(H,21,23). The van der Waals surface area contributed by atoms with Crippen LogP contribution >= 0.6 is 23.1 Å². The smallest absolute Gasteiger partial charge is 0.341 e. The first kappa shape index (κ1) is 21.0. The zero-order chi connectivity index (χ0) is 20.0. The average Bonchev–Trinajstić information content (AvgIpc) is 2.87. The molecule has 0 aliphatic carbocycles. The quantitative estimate of drug-likeness (QED) is 0.531. The van der Waals surface area contributed by atoms with Gasteiger partial charge in [-0.2, -0.15) is 0 Å². The maximum absolute atomic E-state index is 12.4. The van der Waals surface area contributed by atoms with Gasteiger partial charge in [0.1, 0.15) is 5.00 Å². The largest absolute Gasteiger partial charge is 0.462 e. The van der Waals surface area contributed by atoms with Crippen LogP contribution in [0.1, 0.15) is 34.6 Å². The number of ether oxygens (including phenoxy) is 1. The molecule has 0 saturated heterocycles. The Morgan fingerprint density at radius 1 is 1.15 bits per heavy atom. The molecule has 0 unspecified atom stereocenters. The van der Waals surface area contributed by atoms with E-state index >= 15 is 0 Å². The first-order valence-corrected chi connectivity index (χ1v) is 10.2. The van der Waals surface area contributed by atoms with Crippen molar-refractivity contribution >= 4 is 51.6 Å². The van der Waals surface area contributed by atoms with Crippen LogP contribution in [-0.2, 0) is 14.3 Å². The van der Waals surface area contributed by atoms with E-state index in [1.807, 2.05) is 32.0 Å². The molecule has 0 fully saturated rings. The lowest BCUT2D eigenvalue weighted by Crippen LogP contribution is -2.16. The molecule has 0 atom stereocenters. The summed E-state index contributed by atoms with van der Waals surface area (Å²) in [7, 11) is 0. The monoisotopic (exact) mass is 406 g/mol. The highest BCUT2D eigenvalue weighted by molar-refractivity contribution is 8.00. The predicted molar refractivity (Wildman–Crippen MR) is 110 cm³/mol. The van der Waals surface area contributed by atoms with E-state index in [9.17, 15) is 14.4 Å². The first-order valence-electron chi connectivity index (χ1n) is 8.39. The van der Waals surface area contributed by atoms with Gasteiger partial charge in [0.05, 0.1) is 23.6 Å². The molecule has 0 aliphatic heterocycles. The average molecular weight is 407 g/mol. The molecule has 6 nitrogen and oxygen atoms in total. The second-order valence-corrected chi connectivity index (χ2v) is 7.96. The van der Waals surface area contributed by atoms with E-state index < -0.39 is 5.97 Å². The third kappa shape index (κ3) is 5.58. The Balaban J connectivity index is 2.08. The van der Waals surface area contributed by atoms with Gasteiger partial charge in [-0.1, -0.05) is 12.1 Å². The van der Waals surface area contributed by atoms with Gasteiger partial charge in [-0.3, -0.25) is 9.59 Å². The van der Waals surface area contributed by atoms with Crippen LogP contribution in [0.5, 0.6) is 0 Å². The van der Waals surface area contributed by atoms with Crippen LogP contribution in [0.2, 0.25) is 0 Å². The van der Waals surface area contributed by atoms with Crippen molar-refractivity contribution in [1.29, 1.82) is 0 Å². The van der Waals surface area contributed by atoms with Crippen LogP contribution in [0.4, 0.5) is 10.7 Å². The lowest BCUT2D eigenvalue weighted by atomic mass is 10.1. The van der Waals surface area contributed by atoms with E-state index in [1.54, 1.807) is 13.0 Å². The molecule has 1 aromatic heterocycles. The van der Waals surface area contributed by atoms with Crippen LogP contribution in [-0.4, -0.2) is 30.1 Å². The number of amides is 2. The number of benzene rings is 1.